The van der Waals surface area contributed by atoms with E-state index in [4.69, 9.17) is 4.52 Å². The number of carbonyl (C=O) groups is 1. The first-order valence-corrected chi connectivity index (χ1v) is 6.46. The van der Waals surface area contributed by atoms with E-state index in [9.17, 15) is 4.79 Å². The van der Waals surface area contributed by atoms with Crippen LogP contribution in [0.25, 0.3) is 11.6 Å². The van der Waals surface area contributed by atoms with E-state index in [1.165, 1.54) is 0 Å². The first-order valence-electron chi connectivity index (χ1n) is 6.46. The van der Waals surface area contributed by atoms with Gasteiger partial charge in [-0.3, -0.25) is 4.79 Å². The molecule has 0 saturated carbocycles. The highest BCUT2D eigenvalue weighted by atomic mass is 16.5. The van der Waals surface area contributed by atoms with E-state index in [-0.39, 0.29) is 17.5 Å². The summed E-state index contributed by atoms with van der Waals surface area (Å²) < 4.78 is 5.16. The Hall–Kier alpha value is -2.89. The Balaban J connectivity index is 1.85. The molecule has 0 N–H and O–H groups in total. The maximum Gasteiger partial charge on any atom is 0.240 e. The molecule has 6 heteroatoms. The van der Waals surface area contributed by atoms with E-state index < -0.39 is 5.92 Å². The molecule has 1 unspecified atom stereocenters. The fourth-order valence-electron chi connectivity index (χ4n) is 1.88. The van der Waals surface area contributed by atoms with Gasteiger partial charge in [0.2, 0.25) is 17.5 Å². The molecule has 0 bridgehead atoms. The first kappa shape index (κ1) is 13.1. The lowest BCUT2D eigenvalue weighted by Gasteiger charge is -2.04. The van der Waals surface area contributed by atoms with Gasteiger partial charge < -0.3 is 4.52 Å². The molecule has 2 heterocycles. The number of rotatable bonds is 4. The SMILES string of the molecule is CC(C(=O)c1ccccc1)c1nc(-c2ncccn2)no1. The van der Waals surface area contributed by atoms with E-state index in [2.05, 4.69) is 20.1 Å². The molecule has 0 aliphatic carbocycles. The lowest BCUT2D eigenvalue weighted by molar-refractivity contribution is 0.0951. The van der Waals surface area contributed by atoms with Crippen LogP contribution in [0.4, 0.5) is 0 Å². The van der Waals surface area contributed by atoms with Crippen LogP contribution in [-0.4, -0.2) is 25.9 Å². The highest BCUT2D eigenvalue weighted by molar-refractivity contribution is 6.00. The maximum absolute atomic E-state index is 12.3. The van der Waals surface area contributed by atoms with Crippen molar-refractivity contribution >= 4 is 5.78 Å². The highest BCUT2D eigenvalue weighted by Gasteiger charge is 2.23. The van der Waals surface area contributed by atoms with E-state index in [1.807, 2.05) is 18.2 Å². The van der Waals surface area contributed by atoms with E-state index in [0.29, 0.717) is 11.4 Å². The minimum atomic E-state index is -0.516. The van der Waals surface area contributed by atoms with Crippen LogP contribution in [0.1, 0.15) is 29.1 Å². The predicted molar refractivity (Wildman–Crippen MR) is 74.5 cm³/mol. The zero-order valence-electron chi connectivity index (χ0n) is 11.3. The largest absolute Gasteiger partial charge is 0.338 e. The quantitative estimate of drug-likeness (QED) is 0.683. The molecule has 0 radical (unpaired) electrons. The van der Waals surface area contributed by atoms with Crippen LogP contribution in [0.2, 0.25) is 0 Å². The van der Waals surface area contributed by atoms with Crippen molar-refractivity contribution in [2.45, 2.75) is 12.8 Å². The van der Waals surface area contributed by atoms with Gasteiger partial charge in [0.1, 0.15) is 0 Å². The zero-order chi connectivity index (χ0) is 14.7. The van der Waals surface area contributed by atoms with Crippen molar-refractivity contribution in [1.82, 2.24) is 20.1 Å². The van der Waals surface area contributed by atoms with Crippen LogP contribution < -0.4 is 0 Å². The van der Waals surface area contributed by atoms with Crippen molar-refractivity contribution in [3.05, 3.63) is 60.2 Å². The summed E-state index contributed by atoms with van der Waals surface area (Å²) in [5, 5.41) is 3.82. The van der Waals surface area contributed by atoms with Crippen molar-refractivity contribution in [3.8, 4) is 11.6 Å². The van der Waals surface area contributed by atoms with Crippen molar-refractivity contribution in [1.29, 1.82) is 0 Å². The highest BCUT2D eigenvalue weighted by Crippen LogP contribution is 2.20. The van der Waals surface area contributed by atoms with Gasteiger partial charge in [-0.05, 0) is 13.0 Å². The third kappa shape index (κ3) is 2.69. The molecule has 3 rings (SSSR count). The van der Waals surface area contributed by atoms with Gasteiger partial charge >= 0.3 is 0 Å². The van der Waals surface area contributed by atoms with E-state index in [0.717, 1.165) is 0 Å². The maximum atomic E-state index is 12.3. The topological polar surface area (TPSA) is 81.8 Å². The van der Waals surface area contributed by atoms with Crippen LogP contribution in [0.15, 0.2) is 53.3 Å². The Kier molecular flexibility index (Phi) is 3.51. The second-order valence-corrected chi connectivity index (χ2v) is 4.48. The van der Waals surface area contributed by atoms with Gasteiger partial charge in [0.15, 0.2) is 5.78 Å². The second kappa shape index (κ2) is 5.62. The summed E-state index contributed by atoms with van der Waals surface area (Å²) in [4.78, 5) is 24.6. The molecule has 0 spiro atoms. The lowest BCUT2D eigenvalue weighted by Crippen LogP contribution is -2.09. The number of carbonyl (C=O) groups excluding carboxylic acids is 1. The summed E-state index contributed by atoms with van der Waals surface area (Å²) in [6, 6.07) is 10.7. The Labute approximate surface area is 120 Å². The van der Waals surface area contributed by atoms with Crippen molar-refractivity contribution in [2.75, 3.05) is 0 Å². The van der Waals surface area contributed by atoms with E-state index in [1.54, 1.807) is 37.5 Å². The van der Waals surface area contributed by atoms with E-state index >= 15 is 0 Å². The van der Waals surface area contributed by atoms with Gasteiger partial charge in [-0.15, -0.1) is 0 Å². The Morgan fingerprint density at radius 3 is 2.48 bits per heavy atom. The fraction of sp³-hybridized carbons (Fsp3) is 0.133. The summed E-state index contributed by atoms with van der Waals surface area (Å²) in [5.74, 6) is 0.314. The first-order chi connectivity index (χ1) is 10.3. The molecular formula is C15H12N4O2. The molecule has 104 valence electrons. The molecule has 6 nitrogen and oxygen atoms in total. The lowest BCUT2D eigenvalue weighted by atomic mass is 9.99. The minimum absolute atomic E-state index is 0.0696. The predicted octanol–water partition coefficient (Wildman–Crippen LogP) is 2.51. The molecule has 2 aromatic heterocycles. The van der Waals surface area contributed by atoms with Crippen molar-refractivity contribution < 1.29 is 9.32 Å². The molecule has 1 atom stereocenters. The molecule has 0 aliphatic rings. The molecule has 1 aromatic carbocycles. The Bertz CT molecular complexity index is 741. The van der Waals surface area contributed by atoms with Crippen LogP contribution in [0.3, 0.4) is 0 Å². The van der Waals surface area contributed by atoms with Gasteiger partial charge in [0.05, 0.1) is 5.92 Å². The van der Waals surface area contributed by atoms with Crippen LogP contribution >= 0.6 is 0 Å². The van der Waals surface area contributed by atoms with Crippen LogP contribution in [0, 0.1) is 0 Å². The smallest absolute Gasteiger partial charge is 0.240 e. The molecule has 0 fully saturated rings. The molecule has 21 heavy (non-hydrogen) atoms. The summed E-state index contributed by atoms with van der Waals surface area (Å²) in [7, 11) is 0. The molecule has 0 amide bonds. The Morgan fingerprint density at radius 1 is 1.05 bits per heavy atom. The Morgan fingerprint density at radius 2 is 1.76 bits per heavy atom. The van der Waals surface area contributed by atoms with Crippen LogP contribution in [0.5, 0.6) is 0 Å². The minimum Gasteiger partial charge on any atom is -0.338 e. The van der Waals surface area contributed by atoms with Gasteiger partial charge in [-0.25, -0.2) is 9.97 Å². The summed E-state index contributed by atoms with van der Waals surface area (Å²) in [6.07, 6.45) is 3.19. The number of aromatic nitrogens is 4. The van der Waals surface area contributed by atoms with Gasteiger partial charge in [0.25, 0.3) is 0 Å². The third-order valence-corrected chi connectivity index (χ3v) is 3.03. The average molecular weight is 280 g/mol. The molecule has 3 aromatic rings. The zero-order valence-corrected chi connectivity index (χ0v) is 11.3. The van der Waals surface area contributed by atoms with Gasteiger partial charge in [-0.1, -0.05) is 35.5 Å². The average Bonchev–Trinajstić information content (AvgIpc) is 3.05. The number of nitrogens with zero attached hydrogens (tertiary/aromatic N) is 4. The fourth-order valence-corrected chi connectivity index (χ4v) is 1.88. The van der Waals surface area contributed by atoms with Gasteiger partial charge in [0, 0.05) is 18.0 Å². The van der Waals surface area contributed by atoms with Crippen LogP contribution in [-0.2, 0) is 0 Å². The van der Waals surface area contributed by atoms with Crippen molar-refractivity contribution in [3.63, 3.8) is 0 Å². The van der Waals surface area contributed by atoms with Crippen molar-refractivity contribution in [2.24, 2.45) is 0 Å². The molecule has 0 aliphatic heterocycles. The third-order valence-electron chi connectivity index (χ3n) is 3.03. The number of benzene rings is 1. The number of ketones is 1. The summed E-state index contributed by atoms with van der Waals surface area (Å²) >= 11 is 0. The molecular weight excluding hydrogens is 268 g/mol. The number of hydrogen-bond acceptors (Lipinski definition) is 6. The second-order valence-electron chi connectivity index (χ2n) is 4.48. The monoisotopic (exact) mass is 280 g/mol. The standard InChI is InChI=1S/C15H12N4O2/c1-10(12(20)11-6-3-2-4-7-11)15-18-14(19-21-15)13-16-8-5-9-17-13/h2-10H,1H3. The van der Waals surface area contributed by atoms with Gasteiger partial charge in [-0.2, -0.15) is 4.98 Å². The normalized spacial score (nSPS) is 12.0. The summed E-state index contributed by atoms with van der Waals surface area (Å²) in [6.45, 7) is 1.73. The molecule has 0 saturated heterocycles. The summed E-state index contributed by atoms with van der Waals surface area (Å²) in [5.41, 5.74) is 0.612. The number of Topliss-reactive ketones (excluding diaryl/α,β-unsaturated/α-hetero) is 1. The number of hydrogen-bond donors (Lipinski definition) is 0.